The van der Waals surface area contributed by atoms with Gasteiger partial charge in [0, 0.05) is 25.0 Å². The summed E-state index contributed by atoms with van der Waals surface area (Å²) in [6, 6.07) is 16.6. The molecule has 0 bridgehead atoms. The van der Waals surface area contributed by atoms with Crippen molar-refractivity contribution >= 4 is 10.0 Å². The summed E-state index contributed by atoms with van der Waals surface area (Å²) in [5.74, 6) is -0.0107. The molecule has 1 fully saturated rings. The molecule has 2 heterocycles. The number of benzene rings is 2. The lowest BCUT2D eigenvalue weighted by molar-refractivity contribution is 0.468. The molecule has 1 aliphatic heterocycles. The van der Waals surface area contributed by atoms with Crippen LogP contribution in [0.15, 0.2) is 72.1 Å². The fourth-order valence-corrected chi connectivity index (χ4v) is 5.27. The highest BCUT2D eigenvalue weighted by molar-refractivity contribution is 7.89. The summed E-state index contributed by atoms with van der Waals surface area (Å²) in [4.78, 5) is 4.21. The molecule has 0 unspecified atom stereocenters. The van der Waals surface area contributed by atoms with Gasteiger partial charge in [-0.2, -0.15) is 9.40 Å². The monoisotopic (exact) mass is 383 g/mol. The predicted molar refractivity (Wildman–Crippen MR) is 101 cm³/mol. The van der Waals surface area contributed by atoms with Gasteiger partial charge in [0.1, 0.15) is 12.7 Å². The molecule has 0 radical (unpaired) electrons. The van der Waals surface area contributed by atoms with E-state index in [-0.39, 0.29) is 12.0 Å². The van der Waals surface area contributed by atoms with Crippen LogP contribution in [-0.4, -0.2) is 46.6 Å². The molecule has 0 amide bonds. The molecule has 2 atom stereocenters. The van der Waals surface area contributed by atoms with Crippen LogP contribution < -0.4 is 5.73 Å². The zero-order valence-electron chi connectivity index (χ0n) is 14.7. The van der Waals surface area contributed by atoms with Crippen molar-refractivity contribution in [3.05, 3.63) is 78.4 Å². The molecule has 4 rings (SSSR count). The lowest BCUT2D eigenvalue weighted by Gasteiger charge is -2.19. The molecule has 1 aliphatic rings. The van der Waals surface area contributed by atoms with Crippen molar-refractivity contribution in [3.63, 3.8) is 0 Å². The lowest BCUT2D eigenvalue weighted by atomic mass is 9.95. The Hall–Kier alpha value is -2.55. The van der Waals surface area contributed by atoms with Crippen molar-refractivity contribution in [3.8, 4) is 0 Å². The molecule has 7 nitrogen and oxygen atoms in total. The Labute approximate surface area is 158 Å². The molecular weight excluding hydrogens is 362 g/mol. The molecule has 1 aromatic heterocycles. The van der Waals surface area contributed by atoms with E-state index in [1.165, 1.54) is 10.6 Å². The van der Waals surface area contributed by atoms with E-state index in [9.17, 15) is 8.42 Å². The zero-order chi connectivity index (χ0) is 18.9. The Morgan fingerprint density at radius 3 is 2.52 bits per heavy atom. The van der Waals surface area contributed by atoms with Crippen LogP contribution in [-0.2, 0) is 16.6 Å². The minimum Gasteiger partial charge on any atom is -0.326 e. The van der Waals surface area contributed by atoms with E-state index in [2.05, 4.69) is 10.1 Å². The van der Waals surface area contributed by atoms with Gasteiger partial charge in [-0.25, -0.2) is 18.1 Å². The van der Waals surface area contributed by atoms with Gasteiger partial charge in [0.15, 0.2) is 0 Å². The third-order valence-electron chi connectivity index (χ3n) is 4.95. The molecular formula is C19H21N5O2S. The molecule has 0 aliphatic carbocycles. The Morgan fingerprint density at radius 2 is 1.78 bits per heavy atom. The third kappa shape index (κ3) is 3.51. The molecule has 1 saturated heterocycles. The van der Waals surface area contributed by atoms with Crippen molar-refractivity contribution in [2.45, 2.75) is 23.4 Å². The summed E-state index contributed by atoms with van der Waals surface area (Å²) in [5, 5.41) is 4.07. The highest BCUT2D eigenvalue weighted by Gasteiger charge is 2.38. The van der Waals surface area contributed by atoms with Crippen LogP contribution in [0.2, 0.25) is 0 Å². The summed E-state index contributed by atoms with van der Waals surface area (Å²) in [5.41, 5.74) is 8.04. The van der Waals surface area contributed by atoms with E-state index in [0.717, 1.165) is 5.56 Å². The predicted octanol–water partition coefficient (Wildman–Crippen LogP) is 1.44. The van der Waals surface area contributed by atoms with Gasteiger partial charge in [-0.1, -0.05) is 48.5 Å². The van der Waals surface area contributed by atoms with Crippen LogP contribution in [0, 0.1) is 0 Å². The maximum absolute atomic E-state index is 13.3. The Morgan fingerprint density at radius 1 is 1.04 bits per heavy atom. The number of nitrogens with two attached hydrogens (primary N) is 1. The van der Waals surface area contributed by atoms with Crippen molar-refractivity contribution in [2.24, 2.45) is 5.73 Å². The van der Waals surface area contributed by atoms with E-state index in [0.29, 0.717) is 30.1 Å². The first-order chi connectivity index (χ1) is 13.1. The fraction of sp³-hybridized carbons (Fsp3) is 0.263. The van der Waals surface area contributed by atoms with Crippen molar-refractivity contribution in [1.82, 2.24) is 19.1 Å². The molecule has 8 heteroatoms. The molecule has 2 N–H and O–H groups in total. The highest BCUT2D eigenvalue weighted by Crippen LogP contribution is 2.31. The zero-order valence-corrected chi connectivity index (χ0v) is 15.5. The minimum absolute atomic E-state index is 0.0107. The molecule has 2 aromatic carbocycles. The average Bonchev–Trinajstić information content (AvgIpc) is 3.33. The van der Waals surface area contributed by atoms with Crippen LogP contribution in [0.3, 0.4) is 0 Å². The Balaban J connectivity index is 1.63. The summed E-state index contributed by atoms with van der Waals surface area (Å²) in [6.45, 7) is 1.03. The van der Waals surface area contributed by atoms with E-state index in [1.54, 1.807) is 29.2 Å². The first-order valence-electron chi connectivity index (χ1n) is 8.76. The largest absolute Gasteiger partial charge is 0.326 e. The number of rotatable bonds is 5. The second-order valence-corrected chi connectivity index (χ2v) is 8.61. The average molecular weight is 383 g/mol. The summed E-state index contributed by atoms with van der Waals surface area (Å²) < 4.78 is 29.8. The van der Waals surface area contributed by atoms with Gasteiger partial charge in [0.05, 0.1) is 11.4 Å². The normalized spacial score (nSPS) is 20.8. The number of aromatic nitrogens is 3. The van der Waals surface area contributed by atoms with Gasteiger partial charge in [-0.3, -0.25) is 0 Å². The first-order valence-corrected chi connectivity index (χ1v) is 10.2. The van der Waals surface area contributed by atoms with Crippen LogP contribution >= 0.6 is 0 Å². The van der Waals surface area contributed by atoms with Crippen LogP contribution in [0.1, 0.15) is 17.0 Å². The standard InChI is InChI=1S/C19H21N5O2S/c20-18-12-24(11-17(18)15-6-2-1-3-7-15)27(25,26)19-9-5-4-8-16(19)10-23-14-21-13-22-23/h1-9,13-14,17-18H,10-12,20H2/t17-,18+/m0/s1. The fourth-order valence-electron chi connectivity index (χ4n) is 3.55. The van der Waals surface area contributed by atoms with Gasteiger partial charge < -0.3 is 5.73 Å². The van der Waals surface area contributed by atoms with Gasteiger partial charge in [0.2, 0.25) is 10.0 Å². The van der Waals surface area contributed by atoms with E-state index in [4.69, 9.17) is 5.73 Å². The van der Waals surface area contributed by atoms with E-state index >= 15 is 0 Å². The maximum Gasteiger partial charge on any atom is 0.243 e. The van der Waals surface area contributed by atoms with Crippen LogP contribution in [0.4, 0.5) is 0 Å². The van der Waals surface area contributed by atoms with E-state index in [1.807, 2.05) is 36.4 Å². The summed E-state index contributed by atoms with van der Waals surface area (Å²) in [6.07, 6.45) is 3.00. The van der Waals surface area contributed by atoms with Crippen molar-refractivity contribution in [2.75, 3.05) is 13.1 Å². The number of hydrogen-bond acceptors (Lipinski definition) is 5. The number of nitrogens with zero attached hydrogens (tertiary/aromatic N) is 4. The molecule has 0 saturated carbocycles. The van der Waals surface area contributed by atoms with Gasteiger partial charge >= 0.3 is 0 Å². The van der Waals surface area contributed by atoms with Gasteiger partial charge in [-0.15, -0.1) is 0 Å². The first kappa shape index (κ1) is 17.8. The van der Waals surface area contributed by atoms with Crippen molar-refractivity contribution in [1.29, 1.82) is 0 Å². The van der Waals surface area contributed by atoms with Crippen LogP contribution in [0.25, 0.3) is 0 Å². The highest BCUT2D eigenvalue weighted by atomic mass is 32.2. The number of hydrogen-bond donors (Lipinski definition) is 1. The maximum atomic E-state index is 13.3. The third-order valence-corrected chi connectivity index (χ3v) is 6.88. The summed E-state index contributed by atoms with van der Waals surface area (Å²) in [7, 11) is -3.65. The smallest absolute Gasteiger partial charge is 0.243 e. The van der Waals surface area contributed by atoms with Gasteiger partial charge in [-0.05, 0) is 17.2 Å². The Kier molecular flexibility index (Phi) is 4.77. The quantitative estimate of drug-likeness (QED) is 0.719. The molecule has 3 aromatic rings. The van der Waals surface area contributed by atoms with Gasteiger partial charge in [0.25, 0.3) is 0 Å². The van der Waals surface area contributed by atoms with E-state index < -0.39 is 10.0 Å². The van der Waals surface area contributed by atoms with Crippen LogP contribution in [0.5, 0.6) is 0 Å². The molecule has 27 heavy (non-hydrogen) atoms. The van der Waals surface area contributed by atoms with Crippen molar-refractivity contribution < 1.29 is 8.42 Å². The minimum atomic E-state index is -3.65. The number of sulfonamides is 1. The summed E-state index contributed by atoms with van der Waals surface area (Å²) >= 11 is 0. The topological polar surface area (TPSA) is 94.1 Å². The lowest BCUT2D eigenvalue weighted by Crippen LogP contribution is -2.32. The second kappa shape index (κ2) is 7.22. The molecule has 0 spiro atoms. The SMILES string of the molecule is N[C@@H]1CN(S(=O)(=O)c2ccccc2Cn2cncn2)C[C@H]1c1ccccc1. The molecule has 140 valence electrons. The second-order valence-electron chi connectivity index (χ2n) is 6.70. The Bertz CT molecular complexity index is 1010.